The van der Waals surface area contributed by atoms with E-state index in [0.29, 0.717) is 16.8 Å². The molecule has 0 unspecified atom stereocenters. The molecule has 0 saturated heterocycles. The molecule has 0 heterocycles. The number of para-hydroxylation sites is 1. The number of hydrogen-bond donors (Lipinski definition) is 3. The Labute approximate surface area is 167 Å². The SMILES string of the molecule is O=C(Nc1ccccc1)c1ccc(NC(=O)c2ccc3cc(O)ccc3c2)cc1. The fourth-order valence-corrected chi connectivity index (χ4v) is 3.01. The normalized spacial score (nSPS) is 10.5. The molecule has 0 bridgehead atoms. The Bertz CT molecular complexity index is 1190. The molecule has 5 nitrogen and oxygen atoms in total. The van der Waals surface area contributed by atoms with Crippen LogP contribution in [0.4, 0.5) is 11.4 Å². The van der Waals surface area contributed by atoms with Crippen LogP contribution in [0, 0.1) is 0 Å². The zero-order valence-corrected chi connectivity index (χ0v) is 15.4. The average molecular weight is 382 g/mol. The molecular weight excluding hydrogens is 364 g/mol. The molecule has 4 aromatic rings. The van der Waals surface area contributed by atoms with Gasteiger partial charge in [-0.25, -0.2) is 0 Å². The third-order valence-corrected chi connectivity index (χ3v) is 4.52. The molecule has 4 rings (SSSR count). The minimum Gasteiger partial charge on any atom is -0.508 e. The number of benzene rings is 4. The highest BCUT2D eigenvalue weighted by atomic mass is 16.3. The summed E-state index contributed by atoms with van der Waals surface area (Å²) in [5, 5.41) is 16.9. The van der Waals surface area contributed by atoms with E-state index in [9.17, 15) is 14.7 Å². The largest absolute Gasteiger partial charge is 0.508 e. The summed E-state index contributed by atoms with van der Waals surface area (Å²) < 4.78 is 0. The molecule has 142 valence electrons. The molecule has 0 atom stereocenters. The lowest BCUT2D eigenvalue weighted by Crippen LogP contribution is -2.13. The molecule has 0 fully saturated rings. The lowest BCUT2D eigenvalue weighted by molar-refractivity contribution is 0.102. The molecule has 0 aliphatic heterocycles. The van der Waals surface area contributed by atoms with Crippen LogP contribution in [0.3, 0.4) is 0 Å². The minimum atomic E-state index is -0.249. The number of carbonyl (C=O) groups excluding carboxylic acids is 2. The Balaban J connectivity index is 1.45. The first-order chi connectivity index (χ1) is 14.1. The Morgan fingerprint density at radius 3 is 1.86 bits per heavy atom. The van der Waals surface area contributed by atoms with Crippen molar-refractivity contribution in [2.24, 2.45) is 0 Å². The fourth-order valence-electron chi connectivity index (χ4n) is 3.01. The summed E-state index contributed by atoms with van der Waals surface area (Å²) in [5.41, 5.74) is 2.32. The number of rotatable bonds is 4. The van der Waals surface area contributed by atoms with Crippen LogP contribution < -0.4 is 10.6 Å². The Hall–Kier alpha value is -4.12. The summed E-state index contributed by atoms with van der Waals surface area (Å²) in [5.74, 6) is -0.278. The summed E-state index contributed by atoms with van der Waals surface area (Å²) in [4.78, 5) is 24.8. The zero-order valence-electron chi connectivity index (χ0n) is 15.4. The highest BCUT2D eigenvalue weighted by molar-refractivity contribution is 6.07. The first-order valence-electron chi connectivity index (χ1n) is 9.09. The van der Waals surface area contributed by atoms with Crippen LogP contribution in [0.15, 0.2) is 91.0 Å². The molecule has 0 radical (unpaired) electrons. The van der Waals surface area contributed by atoms with Gasteiger partial charge in [0.15, 0.2) is 0 Å². The number of amides is 2. The van der Waals surface area contributed by atoms with E-state index >= 15 is 0 Å². The van der Waals surface area contributed by atoms with Crippen molar-refractivity contribution in [3.05, 3.63) is 102 Å². The summed E-state index contributed by atoms with van der Waals surface area (Å²) >= 11 is 0. The second-order valence-corrected chi connectivity index (χ2v) is 6.60. The van der Waals surface area contributed by atoms with Crippen LogP contribution in [-0.4, -0.2) is 16.9 Å². The summed E-state index contributed by atoms with van der Waals surface area (Å²) in [7, 11) is 0. The molecular formula is C24H18N2O3. The number of phenols is 1. The van der Waals surface area contributed by atoms with Gasteiger partial charge in [-0.15, -0.1) is 0 Å². The third kappa shape index (κ3) is 4.25. The van der Waals surface area contributed by atoms with Gasteiger partial charge < -0.3 is 15.7 Å². The van der Waals surface area contributed by atoms with E-state index in [1.165, 1.54) is 0 Å². The molecule has 0 spiro atoms. The maximum atomic E-state index is 12.5. The average Bonchev–Trinajstić information content (AvgIpc) is 2.74. The lowest BCUT2D eigenvalue weighted by atomic mass is 10.1. The highest BCUT2D eigenvalue weighted by Crippen LogP contribution is 2.22. The van der Waals surface area contributed by atoms with Gasteiger partial charge in [-0.1, -0.05) is 30.3 Å². The van der Waals surface area contributed by atoms with E-state index in [-0.39, 0.29) is 17.6 Å². The number of fused-ring (bicyclic) bond motifs is 1. The van der Waals surface area contributed by atoms with E-state index in [2.05, 4.69) is 10.6 Å². The van der Waals surface area contributed by atoms with E-state index < -0.39 is 0 Å². The summed E-state index contributed by atoms with van der Waals surface area (Å²) in [6.45, 7) is 0. The molecule has 4 aromatic carbocycles. The Morgan fingerprint density at radius 2 is 1.14 bits per heavy atom. The first-order valence-corrected chi connectivity index (χ1v) is 9.09. The molecule has 0 aliphatic carbocycles. The van der Waals surface area contributed by atoms with Gasteiger partial charge in [0.1, 0.15) is 5.75 Å². The quantitative estimate of drug-likeness (QED) is 0.462. The second kappa shape index (κ2) is 7.86. The Kier molecular flexibility index (Phi) is 4.95. The monoisotopic (exact) mass is 382 g/mol. The van der Waals surface area contributed by atoms with E-state index in [0.717, 1.165) is 16.5 Å². The van der Waals surface area contributed by atoms with Crippen molar-refractivity contribution in [1.29, 1.82) is 0 Å². The Morgan fingerprint density at radius 1 is 0.586 bits per heavy atom. The van der Waals surface area contributed by atoms with Gasteiger partial charge in [0, 0.05) is 22.5 Å². The predicted octanol–water partition coefficient (Wildman–Crippen LogP) is 5.05. The van der Waals surface area contributed by atoms with Gasteiger partial charge in [0.25, 0.3) is 11.8 Å². The molecule has 5 heteroatoms. The number of hydrogen-bond acceptors (Lipinski definition) is 3. The van der Waals surface area contributed by atoms with Gasteiger partial charge in [0.2, 0.25) is 0 Å². The van der Waals surface area contributed by atoms with Crippen LogP contribution in [0.1, 0.15) is 20.7 Å². The van der Waals surface area contributed by atoms with Gasteiger partial charge >= 0.3 is 0 Å². The van der Waals surface area contributed by atoms with Gasteiger partial charge in [-0.2, -0.15) is 0 Å². The van der Waals surface area contributed by atoms with Crippen molar-refractivity contribution < 1.29 is 14.7 Å². The van der Waals surface area contributed by atoms with E-state index in [4.69, 9.17) is 0 Å². The van der Waals surface area contributed by atoms with E-state index in [1.54, 1.807) is 60.7 Å². The maximum Gasteiger partial charge on any atom is 0.255 e. The number of phenolic OH excluding ortho intramolecular Hbond substituents is 1. The van der Waals surface area contributed by atoms with Gasteiger partial charge in [-0.05, 0) is 71.4 Å². The molecule has 2 amide bonds. The van der Waals surface area contributed by atoms with Crippen LogP contribution in [0.25, 0.3) is 10.8 Å². The van der Waals surface area contributed by atoms with Crippen molar-refractivity contribution >= 4 is 34.0 Å². The topological polar surface area (TPSA) is 78.4 Å². The number of anilines is 2. The minimum absolute atomic E-state index is 0.186. The number of aromatic hydroxyl groups is 1. The van der Waals surface area contributed by atoms with Crippen molar-refractivity contribution in [3.8, 4) is 5.75 Å². The van der Waals surface area contributed by atoms with Crippen molar-refractivity contribution in [2.45, 2.75) is 0 Å². The second-order valence-electron chi connectivity index (χ2n) is 6.60. The highest BCUT2D eigenvalue weighted by Gasteiger charge is 2.09. The zero-order chi connectivity index (χ0) is 20.2. The summed E-state index contributed by atoms with van der Waals surface area (Å²) in [6.07, 6.45) is 0. The van der Waals surface area contributed by atoms with Gasteiger partial charge in [-0.3, -0.25) is 9.59 Å². The number of nitrogens with one attached hydrogen (secondary N) is 2. The molecule has 3 N–H and O–H groups in total. The first kappa shape index (κ1) is 18.3. The summed E-state index contributed by atoms with van der Waals surface area (Å²) in [6, 6.07) is 26.2. The fraction of sp³-hybridized carbons (Fsp3) is 0. The van der Waals surface area contributed by atoms with Crippen LogP contribution in [-0.2, 0) is 0 Å². The van der Waals surface area contributed by atoms with Crippen molar-refractivity contribution in [3.63, 3.8) is 0 Å². The van der Waals surface area contributed by atoms with Crippen molar-refractivity contribution in [2.75, 3.05) is 10.6 Å². The predicted molar refractivity (Wildman–Crippen MR) is 114 cm³/mol. The standard InChI is InChI=1S/C24H18N2O3/c27-22-13-10-17-14-19(7-6-18(17)15-22)24(29)26-21-11-8-16(9-12-21)23(28)25-20-4-2-1-3-5-20/h1-15,27H,(H,25,28)(H,26,29). The molecule has 0 aromatic heterocycles. The maximum absolute atomic E-state index is 12.5. The third-order valence-electron chi connectivity index (χ3n) is 4.52. The lowest BCUT2D eigenvalue weighted by Gasteiger charge is -2.08. The molecule has 29 heavy (non-hydrogen) atoms. The van der Waals surface area contributed by atoms with Gasteiger partial charge in [0.05, 0.1) is 0 Å². The smallest absolute Gasteiger partial charge is 0.255 e. The number of carbonyl (C=O) groups is 2. The molecule has 0 saturated carbocycles. The van der Waals surface area contributed by atoms with Crippen LogP contribution in [0.2, 0.25) is 0 Å². The molecule has 0 aliphatic rings. The van der Waals surface area contributed by atoms with Crippen molar-refractivity contribution in [1.82, 2.24) is 0 Å². The van der Waals surface area contributed by atoms with Crippen LogP contribution in [0.5, 0.6) is 5.75 Å². The van der Waals surface area contributed by atoms with Crippen LogP contribution >= 0.6 is 0 Å². The van der Waals surface area contributed by atoms with E-state index in [1.807, 2.05) is 30.3 Å².